The van der Waals surface area contributed by atoms with Crippen molar-refractivity contribution in [3.8, 4) is 0 Å². The highest BCUT2D eigenvalue weighted by Gasteiger charge is 2.37. The maximum atomic E-state index is 12.9. The number of rotatable bonds is 7. The van der Waals surface area contributed by atoms with Gasteiger partial charge in [0.25, 0.3) is 10.2 Å². The van der Waals surface area contributed by atoms with Crippen LogP contribution in [0, 0.1) is 0 Å². The minimum absolute atomic E-state index is 0.0739. The molecule has 0 bridgehead atoms. The molecule has 0 saturated carbocycles. The summed E-state index contributed by atoms with van der Waals surface area (Å²) in [6, 6.07) is 9.83. The summed E-state index contributed by atoms with van der Waals surface area (Å²) in [7, 11) is -1.53. The molecule has 1 N–H and O–H groups in total. The van der Waals surface area contributed by atoms with Gasteiger partial charge in [0.2, 0.25) is 0 Å². The van der Waals surface area contributed by atoms with Crippen molar-refractivity contribution in [3.05, 3.63) is 35.9 Å². The molecular weight excluding hydrogens is 286 g/mol. The third kappa shape index (κ3) is 3.83. The Hall–Kier alpha value is -0.950. The van der Waals surface area contributed by atoms with Crippen LogP contribution >= 0.6 is 0 Å². The van der Waals surface area contributed by atoms with Crippen molar-refractivity contribution in [2.75, 3.05) is 26.7 Å². The van der Waals surface area contributed by atoms with Crippen molar-refractivity contribution in [2.24, 2.45) is 0 Å². The first-order chi connectivity index (χ1) is 10.1. The first-order valence-electron chi connectivity index (χ1n) is 7.55. The van der Waals surface area contributed by atoms with Crippen LogP contribution in [0.5, 0.6) is 0 Å². The van der Waals surface area contributed by atoms with Gasteiger partial charge in [0.15, 0.2) is 0 Å². The van der Waals surface area contributed by atoms with E-state index in [9.17, 15) is 8.42 Å². The number of nitrogens with one attached hydrogen (secondary N) is 1. The molecule has 1 aromatic rings. The summed E-state index contributed by atoms with van der Waals surface area (Å²) in [5, 5.41) is 3.09. The Labute approximate surface area is 128 Å². The van der Waals surface area contributed by atoms with Crippen LogP contribution in [-0.2, 0) is 16.8 Å². The molecule has 0 amide bonds. The second-order valence-corrected chi connectivity index (χ2v) is 7.27. The summed E-state index contributed by atoms with van der Waals surface area (Å²) in [5.41, 5.74) is 1.02. The molecule has 0 aliphatic carbocycles. The van der Waals surface area contributed by atoms with Gasteiger partial charge in [-0.3, -0.25) is 0 Å². The minimum atomic E-state index is -3.39. The zero-order valence-corrected chi connectivity index (χ0v) is 13.6. The molecule has 0 spiro atoms. The van der Waals surface area contributed by atoms with Gasteiger partial charge in [-0.2, -0.15) is 17.0 Å². The van der Waals surface area contributed by atoms with Crippen molar-refractivity contribution < 1.29 is 8.42 Å². The Morgan fingerprint density at radius 3 is 2.67 bits per heavy atom. The van der Waals surface area contributed by atoms with Gasteiger partial charge in [0.1, 0.15) is 0 Å². The van der Waals surface area contributed by atoms with Crippen molar-refractivity contribution in [2.45, 2.75) is 32.4 Å². The molecule has 1 unspecified atom stereocenters. The van der Waals surface area contributed by atoms with Crippen LogP contribution in [-0.4, -0.2) is 49.8 Å². The minimum Gasteiger partial charge on any atom is -0.318 e. The molecule has 21 heavy (non-hydrogen) atoms. The average molecular weight is 311 g/mol. The molecule has 1 heterocycles. The summed E-state index contributed by atoms with van der Waals surface area (Å²) >= 11 is 0. The molecule has 2 rings (SSSR count). The lowest BCUT2D eigenvalue weighted by molar-refractivity contribution is 0.322. The highest BCUT2D eigenvalue weighted by atomic mass is 32.2. The quantitative estimate of drug-likeness (QED) is 0.829. The summed E-state index contributed by atoms with van der Waals surface area (Å²) in [6.07, 6.45) is 1.87. The molecule has 1 aliphatic rings. The molecule has 0 aromatic heterocycles. The van der Waals surface area contributed by atoms with Crippen LogP contribution in [0.1, 0.15) is 25.3 Å². The monoisotopic (exact) mass is 311 g/mol. The van der Waals surface area contributed by atoms with Crippen LogP contribution in [0.4, 0.5) is 0 Å². The van der Waals surface area contributed by atoms with E-state index in [1.807, 2.05) is 44.3 Å². The molecule has 118 valence electrons. The van der Waals surface area contributed by atoms with Gasteiger partial charge in [0.05, 0.1) is 0 Å². The molecular formula is C15H25N3O2S. The number of likely N-dealkylation sites (N-methyl/N-ethyl adjacent to an activating group) is 1. The fourth-order valence-corrected chi connectivity index (χ4v) is 4.70. The smallest absolute Gasteiger partial charge is 0.282 e. The van der Waals surface area contributed by atoms with Gasteiger partial charge in [-0.1, -0.05) is 37.3 Å². The predicted molar refractivity (Wildman–Crippen MR) is 85.1 cm³/mol. The largest absolute Gasteiger partial charge is 0.318 e. The van der Waals surface area contributed by atoms with E-state index < -0.39 is 10.2 Å². The Bertz CT molecular complexity index is 533. The maximum Gasteiger partial charge on any atom is 0.282 e. The second kappa shape index (κ2) is 7.35. The van der Waals surface area contributed by atoms with Gasteiger partial charge in [-0.25, -0.2) is 0 Å². The Kier molecular flexibility index (Phi) is 5.75. The molecule has 5 nitrogen and oxygen atoms in total. The normalized spacial score (nSPS) is 20.2. The number of hydrogen-bond donors (Lipinski definition) is 1. The lowest BCUT2D eigenvalue weighted by Crippen LogP contribution is -2.48. The number of hydrogen-bond acceptors (Lipinski definition) is 3. The van der Waals surface area contributed by atoms with Crippen LogP contribution < -0.4 is 5.32 Å². The van der Waals surface area contributed by atoms with Crippen molar-refractivity contribution in [1.82, 2.24) is 13.9 Å². The van der Waals surface area contributed by atoms with Gasteiger partial charge in [-0.05, 0) is 25.5 Å². The Morgan fingerprint density at radius 2 is 2.05 bits per heavy atom. The van der Waals surface area contributed by atoms with E-state index in [1.165, 1.54) is 0 Å². The van der Waals surface area contributed by atoms with E-state index in [-0.39, 0.29) is 6.04 Å². The van der Waals surface area contributed by atoms with E-state index in [4.69, 9.17) is 0 Å². The van der Waals surface area contributed by atoms with Crippen molar-refractivity contribution in [1.29, 1.82) is 0 Å². The van der Waals surface area contributed by atoms with Crippen LogP contribution in [0.3, 0.4) is 0 Å². The topological polar surface area (TPSA) is 52.7 Å². The molecule has 6 heteroatoms. The Balaban J connectivity index is 2.15. The van der Waals surface area contributed by atoms with E-state index in [1.54, 1.807) is 8.61 Å². The fraction of sp³-hybridized carbons (Fsp3) is 0.600. The van der Waals surface area contributed by atoms with Crippen LogP contribution in [0.15, 0.2) is 30.3 Å². The molecule has 1 aromatic carbocycles. The first kappa shape index (κ1) is 16.4. The van der Waals surface area contributed by atoms with E-state index in [0.717, 1.165) is 18.4 Å². The third-order valence-corrected chi connectivity index (χ3v) is 6.05. The van der Waals surface area contributed by atoms with Gasteiger partial charge in [0, 0.05) is 32.2 Å². The number of nitrogens with zero attached hydrogens (tertiary/aromatic N) is 2. The van der Waals surface area contributed by atoms with Crippen LogP contribution in [0.2, 0.25) is 0 Å². The van der Waals surface area contributed by atoms with E-state index >= 15 is 0 Å². The van der Waals surface area contributed by atoms with E-state index in [2.05, 4.69) is 5.32 Å². The summed E-state index contributed by atoms with van der Waals surface area (Å²) in [4.78, 5) is 0. The van der Waals surface area contributed by atoms with Gasteiger partial charge in [-0.15, -0.1) is 0 Å². The Morgan fingerprint density at radius 1 is 1.33 bits per heavy atom. The first-order valence-corrected chi connectivity index (χ1v) is 8.94. The summed E-state index contributed by atoms with van der Waals surface area (Å²) in [6.45, 7) is 4.15. The van der Waals surface area contributed by atoms with Gasteiger partial charge >= 0.3 is 0 Å². The second-order valence-electron chi connectivity index (χ2n) is 5.38. The predicted octanol–water partition coefficient (Wildman–Crippen LogP) is 1.44. The van der Waals surface area contributed by atoms with E-state index in [0.29, 0.717) is 26.2 Å². The number of benzene rings is 1. The SMILES string of the molecule is CCN(Cc1ccccc1)S(=O)(=O)N1CCCC1CNC. The summed E-state index contributed by atoms with van der Waals surface area (Å²) < 4.78 is 29.0. The highest BCUT2D eigenvalue weighted by Crippen LogP contribution is 2.24. The summed E-state index contributed by atoms with van der Waals surface area (Å²) in [5.74, 6) is 0. The molecule has 1 aliphatic heterocycles. The molecule has 1 atom stereocenters. The maximum absolute atomic E-state index is 12.9. The zero-order valence-electron chi connectivity index (χ0n) is 12.8. The fourth-order valence-electron chi connectivity index (χ4n) is 2.84. The van der Waals surface area contributed by atoms with Gasteiger partial charge < -0.3 is 5.32 Å². The lowest BCUT2D eigenvalue weighted by atomic mass is 10.2. The molecule has 1 fully saturated rings. The third-order valence-electron chi connectivity index (χ3n) is 3.94. The van der Waals surface area contributed by atoms with Crippen molar-refractivity contribution in [3.63, 3.8) is 0 Å². The van der Waals surface area contributed by atoms with Crippen molar-refractivity contribution >= 4 is 10.2 Å². The van der Waals surface area contributed by atoms with Crippen LogP contribution in [0.25, 0.3) is 0 Å². The molecule has 0 radical (unpaired) electrons. The lowest BCUT2D eigenvalue weighted by Gasteiger charge is -2.30. The zero-order chi connectivity index (χ0) is 15.3. The standard InChI is InChI=1S/C15H25N3O2S/c1-3-17(13-14-8-5-4-6-9-14)21(19,20)18-11-7-10-15(18)12-16-2/h4-6,8-9,15-16H,3,7,10-13H2,1-2H3. The molecule has 1 saturated heterocycles. The average Bonchev–Trinajstić information content (AvgIpc) is 2.95. The highest BCUT2D eigenvalue weighted by molar-refractivity contribution is 7.86.